The second-order valence-electron chi connectivity index (χ2n) is 19.5. The van der Waals surface area contributed by atoms with Gasteiger partial charge in [0, 0.05) is 24.7 Å². The number of rotatable bonds is 0. The Morgan fingerprint density at radius 3 is 1.72 bits per heavy atom. The minimum Gasteiger partial charge on any atom is -0.393 e. The second-order valence-corrected chi connectivity index (χ2v) is 19.5. The van der Waals surface area contributed by atoms with Crippen molar-refractivity contribution in [2.45, 2.75) is 143 Å². The van der Waals surface area contributed by atoms with Crippen LogP contribution in [-0.2, 0) is 9.59 Å². The van der Waals surface area contributed by atoms with E-state index < -0.39 is 0 Å². The van der Waals surface area contributed by atoms with Crippen molar-refractivity contribution < 1.29 is 14.7 Å². The number of ketones is 2. The van der Waals surface area contributed by atoms with E-state index >= 15 is 0 Å². The van der Waals surface area contributed by atoms with E-state index in [2.05, 4.69) is 27.7 Å². The first kappa shape index (κ1) is 28.5. The molecule has 43 heavy (non-hydrogen) atoms. The van der Waals surface area contributed by atoms with E-state index in [4.69, 9.17) is 0 Å². The number of carbonyl (C=O) groups excluding carboxylic acids is 2. The number of fused-ring (bicyclic) bond motifs is 14. The van der Waals surface area contributed by atoms with E-state index in [1.807, 2.05) is 0 Å². The number of hydrogen-bond acceptors (Lipinski definition) is 3. The maximum Gasteiger partial charge on any atom is 0.136 e. The fourth-order valence-electron chi connectivity index (χ4n) is 16.0. The lowest BCUT2D eigenvalue weighted by Crippen LogP contribution is -2.55. The zero-order chi connectivity index (χ0) is 29.7. The van der Waals surface area contributed by atoms with Crippen molar-refractivity contribution in [3.63, 3.8) is 0 Å². The van der Waals surface area contributed by atoms with Gasteiger partial charge in [-0.15, -0.1) is 0 Å². The maximum atomic E-state index is 12.2. The van der Waals surface area contributed by atoms with E-state index in [1.165, 1.54) is 89.9 Å². The third-order valence-corrected chi connectivity index (χ3v) is 18.6. The fraction of sp³-hybridized carbons (Fsp3) is 0.950. The van der Waals surface area contributed by atoms with E-state index in [0.29, 0.717) is 51.5 Å². The molecule has 4 unspecified atom stereocenters. The quantitative estimate of drug-likeness (QED) is 0.308. The van der Waals surface area contributed by atoms with Gasteiger partial charge in [0.2, 0.25) is 0 Å². The van der Waals surface area contributed by atoms with Crippen molar-refractivity contribution in [3.05, 3.63) is 0 Å². The van der Waals surface area contributed by atoms with Gasteiger partial charge in [0.05, 0.1) is 6.10 Å². The number of Topliss-reactive ketones (excluding diaryl/α,β-unsaturated/α-hetero) is 2. The zero-order valence-electron chi connectivity index (χ0n) is 27.8. The van der Waals surface area contributed by atoms with Crippen molar-refractivity contribution >= 4 is 11.6 Å². The predicted molar refractivity (Wildman–Crippen MR) is 169 cm³/mol. The van der Waals surface area contributed by atoms with Crippen molar-refractivity contribution in [1.29, 1.82) is 0 Å². The zero-order valence-corrected chi connectivity index (χ0v) is 27.8. The number of aliphatic hydroxyl groups excluding tert-OH is 1. The topological polar surface area (TPSA) is 54.4 Å². The van der Waals surface area contributed by atoms with Crippen LogP contribution in [0.4, 0.5) is 0 Å². The molecule has 0 aromatic carbocycles. The van der Waals surface area contributed by atoms with E-state index in [-0.39, 0.29) is 11.5 Å². The summed E-state index contributed by atoms with van der Waals surface area (Å²) in [5, 5.41) is 10.5. The summed E-state index contributed by atoms with van der Waals surface area (Å²) in [4.78, 5) is 24.5. The predicted octanol–water partition coefficient (Wildman–Crippen LogP) is 8.66. The number of carbonyl (C=O) groups is 2. The molecular weight excluding hydrogens is 528 g/mol. The third-order valence-electron chi connectivity index (χ3n) is 18.6. The van der Waals surface area contributed by atoms with Crippen LogP contribution in [0.15, 0.2) is 0 Å². The Morgan fingerprint density at radius 2 is 1.12 bits per heavy atom. The van der Waals surface area contributed by atoms with Crippen LogP contribution in [0.1, 0.15) is 137 Å². The molecule has 3 nitrogen and oxygen atoms in total. The Balaban J connectivity index is 0.000000121. The summed E-state index contributed by atoms with van der Waals surface area (Å²) < 4.78 is 0. The largest absolute Gasteiger partial charge is 0.393 e. The van der Waals surface area contributed by atoms with Crippen LogP contribution in [-0.4, -0.2) is 22.8 Å². The average Bonchev–Trinajstić information content (AvgIpc) is 3.89. The first-order valence-corrected chi connectivity index (χ1v) is 19.2. The molecule has 0 aromatic heterocycles. The highest BCUT2D eigenvalue weighted by molar-refractivity contribution is 5.86. The van der Waals surface area contributed by atoms with Gasteiger partial charge in [-0.05, 0) is 171 Å². The second kappa shape index (κ2) is 9.22. The van der Waals surface area contributed by atoms with Gasteiger partial charge < -0.3 is 5.11 Å². The summed E-state index contributed by atoms with van der Waals surface area (Å²) >= 11 is 0. The Hall–Kier alpha value is -0.700. The summed E-state index contributed by atoms with van der Waals surface area (Å²) in [5.74, 6) is 10.4. The molecule has 1 N–H and O–H groups in total. The molecule has 10 saturated carbocycles. The van der Waals surface area contributed by atoms with Crippen molar-refractivity contribution in [3.8, 4) is 0 Å². The van der Waals surface area contributed by atoms with E-state index in [1.54, 1.807) is 0 Å². The first-order chi connectivity index (χ1) is 20.5. The molecule has 10 rings (SSSR count). The molecule has 0 aromatic rings. The van der Waals surface area contributed by atoms with Gasteiger partial charge in [-0.3, -0.25) is 9.59 Å². The van der Waals surface area contributed by atoms with Crippen molar-refractivity contribution in [1.82, 2.24) is 0 Å². The first-order valence-electron chi connectivity index (χ1n) is 19.2. The minimum atomic E-state index is -0.0643. The van der Waals surface area contributed by atoms with Gasteiger partial charge in [0.25, 0.3) is 0 Å². The van der Waals surface area contributed by atoms with Gasteiger partial charge >= 0.3 is 0 Å². The van der Waals surface area contributed by atoms with Crippen LogP contribution in [0.5, 0.6) is 0 Å². The molecule has 0 radical (unpaired) electrons. The lowest BCUT2D eigenvalue weighted by atomic mass is 9.45. The molecule has 10 aliphatic carbocycles. The summed E-state index contributed by atoms with van der Waals surface area (Å²) in [6.07, 6.45) is 21.8. The molecule has 10 aliphatic rings. The Bertz CT molecular complexity index is 1210. The molecule has 0 amide bonds. The van der Waals surface area contributed by atoms with Crippen molar-refractivity contribution in [2.75, 3.05) is 0 Å². The normalized spacial score (nSPS) is 62.1. The molecule has 10 fully saturated rings. The molecule has 238 valence electrons. The van der Waals surface area contributed by atoms with Crippen LogP contribution >= 0.6 is 0 Å². The van der Waals surface area contributed by atoms with Gasteiger partial charge in [0.1, 0.15) is 11.6 Å². The Labute approximate surface area is 261 Å². The van der Waals surface area contributed by atoms with Crippen LogP contribution in [0.25, 0.3) is 0 Å². The van der Waals surface area contributed by atoms with Crippen LogP contribution in [0.2, 0.25) is 0 Å². The molecule has 0 saturated heterocycles. The van der Waals surface area contributed by atoms with E-state index in [0.717, 1.165) is 66.6 Å². The molecular formula is C40H60O3. The standard InChI is InChI=1S/C20H30O2.C20H30O/c1-19-8-7-15-12(14(19)5-6-18(19)22)4-3-11-9-17(21)13-10-16(13)20(11,15)2;1-19-8-3-4-15(19)13-6-5-12-10-18(21)14-11-17(14)20(12,2)16(13)7-9-19/h11-16,18,22H,3-10H2,1-2H3;12-17H,3-11H2,1-2H3/t11-,12-,13+,14-,15-,16-,18?,19-,20-;12-,13?,14+,15?,16?,17-,19-,20-/m00/s1. The monoisotopic (exact) mass is 588 g/mol. The summed E-state index contributed by atoms with van der Waals surface area (Å²) in [6, 6.07) is 0. The summed E-state index contributed by atoms with van der Waals surface area (Å²) in [5.41, 5.74) is 1.84. The van der Waals surface area contributed by atoms with Crippen molar-refractivity contribution in [2.24, 2.45) is 92.7 Å². The molecule has 0 spiro atoms. The minimum absolute atomic E-state index is 0.0643. The molecule has 0 bridgehead atoms. The lowest BCUT2D eigenvalue weighted by molar-refractivity contribution is -0.144. The molecule has 0 heterocycles. The van der Waals surface area contributed by atoms with Crippen LogP contribution < -0.4 is 0 Å². The van der Waals surface area contributed by atoms with Gasteiger partial charge in [-0.25, -0.2) is 0 Å². The number of hydrogen-bond donors (Lipinski definition) is 1. The van der Waals surface area contributed by atoms with E-state index in [9.17, 15) is 14.7 Å². The molecule has 17 atom stereocenters. The lowest BCUT2D eigenvalue weighted by Gasteiger charge is -2.60. The number of aliphatic hydroxyl groups is 1. The van der Waals surface area contributed by atoms with Gasteiger partial charge in [-0.1, -0.05) is 34.1 Å². The molecule has 0 aliphatic heterocycles. The van der Waals surface area contributed by atoms with Gasteiger partial charge in [0.15, 0.2) is 0 Å². The average molecular weight is 589 g/mol. The third kappa shape index (κ3) is 3.70. The fourth-order valence-corrected chi connectivity index (χ4v) is 16.0. The maximum absolute atomic E-state index is 12.2. The summed E-state index contributed by atoms with van der Waals surface area (Å²) in [6.45, 7) is 10.1. The SMILES string of the molecule is C[C@@]12CCCC1C1CC[C@H]3CC(=O)[C@@H]4C[C@@H]4[C@]3(C)C1CC2.C[C@]12[C@@H](CC[C@@H]3[C@@H]1CC[C@]1(C)C(O)CC[C@@H]31)CC(=O)[C@@H]1C[C@@H]12. The summed E-state index contributed by atoms with van der Waals surface area (Å²) in [7, 11) is 0. The Kier molecular flexibility index (Phi) is 6.11. The van der Waals surface area contributed by atoms with Gasteiger partial charge in [-0.2, -0.15) is 0 Å². The smallest absolute Gasteiger partial charge is 0.136 e. The van der Waals surface area contributed by atoms with Crippen LogP contribution in [0.3, 0.4) is 0 Å². The van der Waals surface area contributed by atoms with Crippen LogP contribution in [0, 0.1) is 92.7 Å². The highest BCUT2D eigenvalue weighted by Crippen LogP contribution is 2.73. The highest BCUT2D eigenvalue weighted by Gasteiger charge is 2.69. The Morgan fingerprint density at radius 1 is 0.558 bits per heavy atom. The highest BCUT2D eigenvalue weighted by atomic mass is 16.3. The molecule has 3 heteroatoms.